The van der Waals surface area contributed by atoms with Crippen molar-refractivity contribution in [2.24, 2.45) is 5.92 Å². The van der Waals surface area contributed by atoms with Crippen molar-refractivity contribution in [3.05, 3.63) is 35.9 Å². The van der Waals surface area contributed by atoms with Gasteiger partial charge in [-0.2, -0.15) is 0 Å². The molecule has 24 heavy (non-hydrogen) atoms. The Morgan fingerprint density at radius 3 is 2.21 bits per heavy atom. The molecule has 2 atom stereocenters. The van der Waals surface area contributed by atoms with E-state index in [-0.39, 0.29) is 19.1 Å². The van der Waals surface area contributed by atoms with E-state index in [2.05, 4.69) is 5.43 Å². The second-order valence-electron chi connectivity index (χ2n) is 5.49. The fourth-order valence-electron chi connectivity index (χ4n) is 2.35. The number of ether oxygens (including phenoxy) is 2. The highest BCUT2D eigenvalue weighted by molar-refractivity contribution is 5.74. The van der Waals surface area contributed by atoms with Gasteiger partial charge in [-0.1, -0.05) is 44.2 Å². The molecule has 2 N–H and O–H groups in total. The summed E-state index contributed by atoms with van der Waals surface area (Å²) in [6.07, 6.45) is -2.53. The fraction of sp³-hybridized carbons (Fsp3) is 0.529. The molecule has 0 aliphatic heterocycles. The molecule has 7 heteroatoms. The Morgan fingerprint density at radius 2 is 1.71 bits per heavy atom. The molecule has 0 saturated carbocycles. The maximum absolute atomic E-state index is 12.3. The van der Waals surface area contributed by atoms with Crippen LogP contribution in [0, 0.1) is 5.92 Å². The Labute approximate surface area is 142 Å². The number of nitrogens with zero attached hydrogens (tertiary/aromatic N) is 1. The van der Waals surface area contributed by atoms with Crippen LogP contribution in [0.15, 0.2) is 30.3 Å². The van der Waals surface area contributed by atoms with Crippen LogP contribution in [0.3, 0.4) is 0 Å². The van der Waals surface area contributed by atoms with Gasteiger partial charge >= 0.3 is 12.2 Å². The predicted molar refractivity (Wildman–Crippen MR) is 89.0 cm³/mol. The topological polar surface area (TPSA) is 88.1 Å². The highest BCUT2D eigenvalue weighted by Crippen LogP contribution is 2.26. The number of carbonyl (C=O) groups excluding carboxylic acids is 2. The van der Waals surface area contributed by atoms with Gasteiger partial charge in [0.1, 0.15) is 6.10 Å². The third kappa shape index (κ3) is 5.42. The number of nitrogens with one attached hydrogen (secondary N) is 1. The highest BCUT2D eigenvalue weighted by Gasteiger charge is 2.35. The standard InChI is InChI=1S/C17H26N2O5/c1-5-23-16(21)18-19(17(22)24-6-2)14(12(3)4)15(20)13-10-8-7-9-11-13/h7-12,14-15,20H,5-6H2,1-4H3,(H,18,21)/t14-,15+/m1/s1. The van der Waals surface area contributed by atoms with Crippen molar-refractivity contribution in [2.75, 3.05) is 13.2 Å². The Morgan fingerprint density at radius 1 is 1.12 bits per heavy atom. The molecule has 7 nitrogen and oxygen atoms in total. The molecular formula is C17H26N2O5. The van der Waals surface area contributed by atoms with Crippen LogP contribution in [0.2, 0.25) is 0 Å². The monoisotopic (exact) mass is 338 g/mol. The van der Waals surface area contributed by atoms with Crippen molar-refractivity contribution in [1.82, 2.24) is 10.4 Å². The normalized spacial score (nSPS) is 13.1. The number of hydrogen-bond donors (Lipinski definition) is 2. The number of hydrazine groups is 1. The molecule has 0 aliphatic rings. The van der Waals surface area contributed by atoms with Crippen LogP contribution in [0.4, 0.5) is 9.59 Å². The van der Waals surface area contributed by atoms with Gasteiger partial charge in [0.25, 0.3) is 0 Å². The van der Waals surface area contributed by atoms with E-state index in [1.165, 1.54) is 0 Å². The molecule has 2 amide bonds. The summed E-state index contributed by atoms with van der Waals surface area (Å²) in [6, 6.07) is 8.21. The molecule has 1 aromatic carbocycles. The molecule has 0 unspecified atom stereocenters. The fourth-order valence-corrected chi connectivity index (χ4v) is 2.35. The lowest BCUT2D eigenvalue weighted by Crippen LogP contribution is -2.56. The highest BCUT2D eigenvalue weighted by atomic mass is 16.6. The molecule has 0 aliphatic carbocycles. The van der Waals surface area contributed by atoms with Crippen LogP contribution in [-0.4, -0.2) is 41.6 Å². The van der Waals surface area contributed by atoms with E-state index in [1.54, 1.807) is 38.1 Å². The van der Waals surface area contributed by atoms with Crippen molar-refractivity contribution in [2.45, 2.75) is 39.8 Å². The SMILES string of the molecule is CCOC(=O)NN(C(=O)OCC)[C@H](C(C)C)[C@@H](O)c1ccccc1. The minimum Gasteiger partial charge on any atom is -0.449 e. The van der Waals surface area contributed by atoms with Gasteiger partial charge in [-0.05, 0) is 25.3 Å². The first-order valence-electron chi connectivity index (χ1n) is 8.04. The minimum absolute atomic E-state index is 0.145. The number of benzene rings is 1. The van der Waals surface area contributed by atoms with Gasteiger partial charge in [0.05, 0.1) is 19.3 Å². The zero-order valence-corrected chi connectivity index (χ0v) is 14.6. The minimum atomic E-state index is -1.00. The second kappa shape index (κ2) is 9.77. The van der Waals surface area contributed by atoms with Crippen LogP contribution in [0.25, 0.3) is 0 Å². The van der Waals surface area contributed by atoms with Gasteiger partial charge in [-0.15, -0.1) is 0 Å². The molecular weight excluding hydrogens is 312 g/mol. The number of hydrogen-bond acceptors (Lipinski definition) is 5. The first-order valence-corrected chi connectivity index (χ1v) is 8.04. The molecule has 1 aromatic rings. The summed E-state index contributed by atoms with van der Waals surface area (Å²) < 4.78 is 9.84. The molecule has 0 heterocycles. The van der Waals surface area contributed by atoms with Crippen LogP contribution < -0.4 is 5.43 Å². The molecule has 0 spiro atoms. The average molecular weight is 338 g/mol. The van der Waals surface area contributed by atoms with Gasteiger partial charge in [-0.3, -0.25) is 0 Å². The first-order chi connectivity index (χ1) is 11.4. The molecule has 0 aromatic heterocycles. The molecule has 0 fully saturated rings. The zero-order valence-electron chi connectivity index (χ0n) is 14.6. The van der Waals surface area contributed by atoms with Crippen molar-refractivity contribution in [1.29, 1.82) is 0 Å². The van der Waals surface area contributed by atoms with Crippen LogP contribution in [0.5, 0.6) is 0 Å². The molecule has 0 radical (unpaired) electrons. The van der Waals surface area contributed by atoms with Crippen molar-refractivity contribution in [3.8, 4) is 0 Å². The smallest absolute Gasteiger partial charge is 0.429 e. The zero-order chi connectivity index (χ0) is 18.1. The summed E-state index contributed by atoms with van der Waals surface area (Å²) in [4.78, 5) is 24.1. The Kier molecular flexibility index (Phi) is 8.05. The van der Waals surface area contributed by atoms with E-state index in [0.29, 0.717) is 5.56 Å². The number of aliphatic hydroxyl groups is 1. The third-order valence-corrected chi connectivity index (χ3v) is 3.40. The number of aliphatic hydroxyl groups excluding tert-OH is 1. The molecule has 1 rings (SSSR count). The van der Waals surface area contributed by atoms with Gasteiger partial charge in [0.15, 0.2) is 0 Å². The number of carbonyl (C=O) groups is 2. The van der Waals surface area contributed by atoms with E-state index >= 15 is 0 Å². The second-order valence-corrected chi connectivity index (χ2v) is 5.49. The maximum atomic E-state index is 12.3. The molecule has 0 saturated heterocycles. The van der Waals surface area contributed by atoms with E-state index in [1.807, 2.05) is 19.9 Å². The van der Waals surface area contributed by atoms with Crippen molar-refractivity contribution >= 4 is 12.2 Å². The third-order valence-electron chi connectivity index (χ3n) is 3.40. The quantitative estimate of drug-likeness (QED) is 0.779. The lowest BCUT2D eigenvalue weighted by Gasteiger charge is -2.36. The van der Waals surface area contributed by atoms with Gasteiger partial charge in [0, 0.05) is 0 Å². The summed E-state index contributed by atoms with van der Waals surface area (Å²) in [5, 5.41) is 11.7. The average Bonchev–Trinajstić information content (AvgIpc) is 2.55. The van der Waals surface area contributed by atoms with E-state index in [0.717, 1.165) is 5.01 Å². The van der Waals surface area contributed by atoms with Gasteiger partial charge in [0.2, 0.25) is 0 Å². The van der Waals surface area contributed by atoms with Gasteiger partial charge < -0.3 is 14.6 Å². The van der Waals surface area contributed by atoms with E-state index in [9.17, 15) is 14.7 Å². The number of amides is 2. The molecule has 134 valence electrons. The predicted octanol–water partition coefficient (Wildman–Crippen LogP) is 2.86. The molecule has 0 bridgehead atoms. The summed E-state index contributed by atoms with van der Waals surface area (Å²) in [5.74, 6) is -0.161. The van der Waals surface area contributed by atoms with Crippen LogP contribution in [0.1, 0.15) is 39.4 Å². The maximum Gasteiger partial charge on any atom is 0.429 e. The number of rotatable bonds is 6. The lowest BCUT2D eigenvalue weighted by molar-refractivity contribution is -0.00875. The van der Waals surface area contributed by atoms with E-state index < -0.39 is 24.3 Å². The summed E-state index contributed by atoms with van der Waals surface area (Å²) in [7, 11) is 0. The summed E-state index contributed by atoms with van der Waals surface area (Å²) >= 11 is 0. The van der Waals surface area contributed by atoms with Crippen LogP contribution >= 0.6 is 0 Å². The van der Waals surface area contributed by atoms with Gasteiger partial charge in [-0.25, -0.2) is 20.0 Å². The Hall–Kier alpha value is -2.28. The Balaban J connectivity index is 3.11. The lowest BCUT2D eigenvalue weighted by atomic mass is 9.93. The van der Waals surface area contributed by atoms with Crippen molar-refractivity contribution in [3.63, 3.8) is 0 Å². The Bertz CT molecular complexity index is 521. The largest absolute Gasteiger partial charge is 0.449 e. The summed E-state index contributed by atoms with van der Waals surface area (Å²) in [6.45, 7) is 7.32. The first kappa shape index (κ1) is 19.8. The van der Waals surface area contributed by atoms with Crippen molar-refractivity contribution < 1.29 is 24.2 Å². The summed E-state index contributed by atoms with van der Waals surface area (Å²) in [5.41, 5.74) is 3.01. The van der Waals surface area contributed by atoms with Crippen LogP contribution in [-0.2, 0) is 9.47 Å². The van der Waals surface area contributed by atoms with E-state index in [4.69, 9.17) is 9.47 Å².